The van der Waals surface area contributed by atoms with Crippen molar-refractivity contribution in [2.75, 3.05) is 6.54 Å². The van der Waals surface area contributed by atoms with Gasteiger partial charge in [0, 0.05) is 0 Å². The number of primary amides is 1. The van der Waals surface area contributed by atoms with Gasteiger partial charge in [0.1, 0.15) is 0 Å². The standard InChI is InChI=1S/C8H14N2O/c1-8(2)4-3-10-6(5(4)8)7(9)11/h4-6,10H,3H2,1-2H3,(H2,9,11)/t4?,5-,6?/m0/s1. The molecule has 11 heavy (non-hydrogen) atoms. The van der Waals surface area contributed by atoms with E-state index in [1.165, 1.54) is 0 Å². The van der Waals surface area contributed by atoms with E-state index in [2.05, 4.69) is 19.2 Å². The van der Waals surface area contributed by atoms with E-state index in [0.29, 0.717) is 17.3 Å². The van der Waals surface area contributed by atoms with E-state index in [1.807, 2.05) is 0 Å². The van der Waals surface area contributed by atoms with Crippen LogP contribution < -0.4 is 11.1 Å². The maximum Gasteiger partial charge on any atom is 0.234 e. The predicted molar refractivity (Wildman–Crippen MR) is 41.7 cm³/mol. The van der Waals surface area contributed by atoms with E-state index in [0.717, 1.165) is 6.54 Å². The Hall–Kier alpha value is -0.570. The Morgan fingerprint density at radius 2 is 2.27 bits per heavy atom. The molecule has 3 atom stereocenters. The topological polar surface area (TPSA) is 55.1 Å². The Morgan fingerprint density at radius 3 is 2.55 bits per heavy atom. The van der Waals surface area contributed by atoms with Crippen molar-refractivity contribution in [1.29, 1.82) is 0 Å². The second-order valence-electron chi connectivity index (χ2n) is 4.24. The highest BCUT2D eigenvalue weighted by Gasteiger charge is 2.65. The van der Waals surface area contributed by atoms with E-state index in [1.54, 1.807) is 0 Å². The molecule has 0 bridgehead atoms. The van der Waals surface area contributed by atoms with Crippen LogP contribution in [0.5, 0.6) is 0 Å². The summed E-state index contributed by atoms with van der Waals surface area (Å²) in [6, 6.07) is -0.0602. The number of carbonyl (C=O) groups excluding carboxylic acids is 1. The van der Waals surface area contributed by atoms with Crippen LogP contribution in [-0.4, -0.2) is 18.5 Å². The number of rotatable bonds is 1. The molecule has 2 fully saturated rings. The molecule has 1 saturated heterocycles. The zero-order valence-corrected chi connectivity index (χ0v) is 6.92. The van der Waals surface area contributed by atoms with Crippen LogP contribution in [-0.2, 0) is 4.79 Å². The molecule has 1 aliphatic heterocycles. The molecule has 0 aromatic heterocycles. The first-order valence-corrected chi connectivity index (χ1v) is 4.08. The minimum Gasteiger partial charge on any atom is -0.368 e. The Kier molecular flexibility index (Phi) is 1.15. The molecule has 2 unspecified atom stereocenters. The number of piperidine rings is 1. The third-order valence-corrected chi connectivity index (χ3v) is 3.36. The fourth-order valence-electron chi connectivity index (χ4n) is 2.50. The van der Waals surface area contributed by atoms with Gasteiger partial charge in [-0.15, -0.1) is 0 Å². The number of fused-ring (bicyclic) bond motifs is 1. The van der Waals surface area contributed by atoms with E-state index in [-0.39, 0.29) is 11.9 Å². The van der Waals surface area contributed by atoms with E-state index >= 15 is 0 Å². The van der Waals surface area contributed by atoms with Gasteiger partial charge in [-0.2, -0.15) is 0 Å². The first-order chi connectivity index (χ1) is 5.05. The lowest BCUT2D eigenvalue weighted by molar-refractivity contribution is -0.120. The van der Waals surface area contributed by atoms with Crippen LogP contribution >= 0.6 is 0 Å². The molecule has 3 N–H and O–H groups in total. The van der Waals surface area contributed by atoms with Gasteiger partial charge in [0.15, 0.2) is 0 Å². The number of nitrogens with two attached hydrogens (primary N) is 1. The summed E-state index contributed by atoms with van der Waals surface area (Å²) in [6.07, 6.45) is 0. The van der Waals surface area contributed by atoms with Gasteiger partial charge in [0.05, 0.1) is 6.04 Å². The molecule has 1 aliphatic carbocycles. The molecule has 2 rings (SSSR count). The predicted octanol–water partition coefficient (Wildman–Crippen LogP) is -0.284. The first-order valence-electron chi connectivity index (χ1n) is 4.08. The third kappa shape index (κ3) is 0.745. The zero-order valence-electron chi connectivity index (χ0n) is 6.92. The van der Waals surface area contributed by atoms with E-state index in [9.17, 15) is 4.79 Å². The number of nitrogens with one attached hydrogen (secondary N) is 1. The summed E-state index contributed by atoms with van der Waals surface area (Å²) in [5.74, 6) is 0.989. The average molecular weight is 154 g/mol. The van der Waals surface area contributed by atoms with E-state index in [4.69, 9.17) is 5.73 Å². The van der Waals surface area contributed by atoms with Gasteiger partial charge >= 0.3 is 0 Å². The van der Waals surface area contributed by atoms with Crippen molar-refractivity contribution in [3.05, 3.63) is 0 Å². The van der Waals surface area contributed by atoms with Gasteiger partial charge < -0.3 is 11.1 Å². The van der Waals surface area contributed by atoms with Crippen molar-refractivity contribution >= 4 is 5.91 Å². The minimum atomic E-state index is -0.192. The molecular formula is C8H14N2O. The maximum atomic E-state index is 10.9. The van der Waals surface area contributed by atoms with Gasteiger partial charge in [-0.3, -0.25) is 4.79 Å². The Bertz CT molecular complexity index is 212. The van der Waals surface area contributed by atoms with Gasteiger partial charge in [-0.1, -0.05) is 13.8 Å². The number of amides is 1. The molecule has 3 heteroatoms. The molecule has 3 nitrogen and oxygen atoms in total. The second kappa shape index (κ2) is 1.78. The van der Waals surface area contributed by atoms with Crippen molar-refractivity contribution in [3.63, 3.8) is 0 Å². The van der Waals surface area contributed by atoms with Crippen molar-refractivity contribution in [2.24, 2.45) is 23.0 Å². The smallest absolute Gasteiger partial charge is 0.234 e. The highest BCUT2D eigenvalue weighted by Crippen LogP contribution is 2.62. The Balaban J connectivity index is 2.13. The third-order valence-electron chi connectivity index (χ3n) is 3.36. The SMILES string of the molecule is CC1(C)C2CNC(C(N)=O)[C@H]21. The first kappa shape index (κ1) is 7.10. The van der Waals surface area contributed by atoms with Crippen molar-refractivity contribution in [3.8, 4) is 0 Å². The van der Waals surface area contributed by atoms with Crippen LogP contribution in [0.15, 0.2) is 0 Å². The molecule has 0 aromatic rings. The van der Waals surface area contributed by atoms with Gasteiger partial charge in [-0.25, -0.2) is 0 Å². The summed E-state index contributed by atoms with van der Waals surface area (Å²) in [4.78, 5) is 10.9. The van der Waals surface area contributed by atoms with Gasteiger partial charge in [0.2, 0.25) is 5.91 Å². The Labute approximate surface area is 66.3 Å². The lowest BCUT2D eigenvalue weighted by atomic mass is 10.0. The fraction of sp³-hybridized carbons (Fsp3) is 0.875. The average Bonchev–Trinajstić information content (AvgIpc) is 2.34. The second-order valence-corrected chi connectivity index (χ2v) is 4.24. The number of hydrogen-bond donors (Lipinski definition) is 2. The summed E-state index contributed by atoms with van der Waals surface area (Å²) in [6.45, 7) is 5.38. The van der Waals surface area contributed by atoms with Crippen molar-refractivity contribution < 1.29 is 4.79 Å². The highest BCUT2D eigenvalue weighted by molar-refractivity contribution is 5.81. The van der Waals surface area contributed by atoms with Crippen molar-refractivity contribution in [1.82, 2.24) is 5.32 Å². The lowest BCUT2D eigenvalue weighted by Gasteiger charge is -2.15. The molecular weight excluding hydrogens is 140 g/mol. The summed E-state index contributed by atoms with van der Waals surface area (Å²) in [5.41, 5.74) is 5.59. The molecule has 1 saturated carbocycles. The van der Waals surface area contributed by atoms with Crippen LogP contribution in [0, 0.1) is 17.3 Å². The fourth-order valence-corrected chi connectivity index (χ4v) is 2.50. The molecule has 0 radical (unpaired) electrons. The zero-order chi connectivity index (χ0) is 8.22. The summed E-state index contributed by atoms with van der Waals surface area (Å²) in [7, 11) is 0. The highest BCUT2D eigenvalue weighted by atomic mass is 16.1. The largest absolute Gasteiger partial charge is 0.368 e. The van der Waals surface area contributed by atoms with Crippen molar-refractivity contribution in [2.45, 2.75) is 19.9 Å². The molecule has 62 valence electrons. The molecule has 1 heterocycles. The maximum absolute atomic E-state index is 10.9. The van der Waals surface area contributed by atoms with Crippen LogP contribution in [0.25, 0.3) is 0 Å². The van der Waals surface area contributed by atoms with Crippen LogP contribution in [0.2, 0.25) is 0 Å². The number of carbonyl (C=O) groups is 1. The normalized spacial score (nSPS) is 45.1. The number of hydrogen-bond acceptors (Lipinski definition) is 2. The van der Waals surface area contributed by atoms with E-state index < -0.39 is 0 Å². The molecule has 0 aromatic carbocycles. The van der Waals surface area contributed by atoms with Gasteiger partial charge in [-0.05, 0) is 23.8 Å². The van der Waals surface area contributed by atoms with Crippen LogP contribution in [0.4, 0.5) is 0 Å². The summed E-state index contributed by atoms with van der Waals surface area (Å²) in [5, 5.41) is 3.14. The molecule has 1 amide bonds. The lowest BCUT2D eigenvalue weighted by Crippen LogP contribution is -2.41. The van der Waals surface area contributed by atoms with Crippen LogP contribution in [0.3, 0.4) is 0 Å². The quantitative estimate of drug-likeness (QED) is 0.545. The minimum absolute atomic E-state index is 0.0602. The van der Waals surface area contributed by atoms with Crippen LogP contribution in [0.1, 0.15) is 13.8 Å². The van der Waals surface area contributed by atoms with Gasteiger partial charge in [0.25, 0.3) is 0 Å². The Morgan fingerprint density at radius 1 is 1.64 bits per heavy atom. The molecule has 2 aliphatic rings. The monoisotopic (exact) mass is 154 g/mol. The summed E-state index contributed by atoms with van der Waals surface area (Å²) >= 11 is 0. The molecule has 0 spiro atoms. The summed E-state index contributed by atoms with van der Waals surface area (Å²) < 4.78 is 0.